The molecule has 13 heavy (non-hydrogen) atoms. The summed E-state index contributed by atoms with van der Waals surface area (Å²) in [5, 5.41) is 0. The molecule has 0 amide bonds. The Balaban J connectivity index is 2.54. The number of rotatable bonds is 1. The third kappa shape index (κ3) is 1.75. The van der Waals surface area contributed by atoms with Gasteiger partial charge in [0.15, 0.2) is 0 Å². The van der Waals surface area contributed by atoms with Crippen LogP contribution in [0.5, 0.6) is 0 Å². The van der Waals surface area contributed by atoms with Crippen molar-refractivity contribution in [3.63, 3.8) is 0 Å². The Morgan fingerprint density at radius 1 is 1.08 bits per heavy atom. The summed E-state index contributed by atoms with van der Waals surface area (Å²) in [6, 6.07) is 7.75. The van der Waals surface area contributed by atoms with Gasteiger partial charge in [-0.15, -0.1) is 0 Å². The van der Waals surface area contributed by atoms with Crippen molar-refractivity contribution in [3.8, 4) is 11.3 Å². The zero-order valence-electron chi connectivity index (χ0n) is 6.81. The van der Waals surface area contributed by atoms with Crippen LogP contribution in [0.2, 0.25) is 0 Å². The van der Waals surface area contributed by atoms with E-state index in [1.807, 2.05) is 24.3 Å². The smallest absolute Gasteiger partial charge is 0.0859 e. The van der Waals surface area contributed by atoms with Gasteiger partial charge in [0.25, 0.3) is 0 Å². The lowest BCUT2D eigenvalue weighted by atomic mass is 10.2. The monoisotopic (exact) mass is 234 g/mol. The molecule has 2 nitrogen and oxygen atoms in total. The quantitative estimate of drug-likeness (QED) is 0.759. The first-order chi connectivity index (χ1) is 6.38. The minimum atomic E-state index is 0.926. The first-order valence-corrected chi connectivity index (χ1v) is 4.68. The lowest BCUT2D eigenvalue weighted by molar-refractivity contribution is 1.27. The molecule has 0 aliphatic rings. The molecule has 0 saturated carbocycles. The van der Waals surface area contributed by atoms with Crippen LogP contribution in [-0.4, -0.2) is 9.97 Å². The molecule has 0 aliphatic heterocycles. The van der Waals surface area contributed by atoms with Crippen molar-refractivity contribution in [2.45, 2.75) is 0 Å². The minimum Gasteiger partial charge on any atom is -0.264 e. The summed E-state index contributed by atoms with van der Waals surface area (Å²) in [6.45, 7) is 0. The van der Waals surface area contributed by atoms with E-state index in [0.29, 0.717) is 0 Å². The van der Waals surface area contributed by atoms with Gasteiger partial charge >= 0.3 is 0 Å². The lowest BCUT2D eigenvalue weighted by Gasteiger charge is -2.00. The Kier molecular flexibility index (Phi) is 2.36. The molecule has 0 atom stereocenters. The molecule has 3 heteroatoms. The van der Waals surface area contributed by atoms with Gasteiger partial charge in [0.2, 0.25) is 0 Å². The first kappa shape index (κ1) is 8.38. The zero-order valence-corrected chi connectivity index (χ0v) is 8.40. The molecule has 0 saturated heterocycles. The van der Waals surface area contributed by atoms with E-state index in [1.54, 1.807) is 18.6 Å². The summed E-state index contributed by atoms with van der Waals surface area (Å²) in [7, 11) is 0. The number of hydrogen-bond acceptors (Lipinski definition) is 2. The van der Waals surface area contributed by atoms with E-state index in [1.165, 1.54) is 0 Å². The number of halogens is 1. The van der Waals surface area contributed by atoms with Gasteiger partial charge in [-0.3, -0.25) is 9.97 Å². The Bertz CT molecular complexity index is 401. The van der Waals surface area contributed by atoms with Crippen LogP contribution in [0.1, 0.15) is 0 Å². The highest BCUT2D eigenvalue weighted by Crippen LogP contribution is 2.24. The van der Waals surface area contributed by atoms with Gasteiger partial charge in [-0.1, -0.05) is 0 Å². The van der Waals surface area contributed by atoms with E-state index in [9.17, 15) is 0 Å². The standard InChI is InChI=1S/C10H7BrN2/c11-9-4-2-6-13-10(9)8-3-1-5-12-7-8/h1-7H. The van der Waals surface area contributed by atoms with E-state index in [4.69, 9.17) is 0 Å². The third-order valence-electron chi connectivity index (χ3n) is 1.69. The van der Waals surface area contributed by atoms with Gasteiger partial charge in [-0.25, -0.2) is 0 Å². The highest BCUT2D eigenvalue weighted by Gasteiger charge is 2.01. The molecule has 2 aromatic heterocycles. The van der Waals surface area contributed by atoms with Crippen LogP contribution in [0.15, 0.2) is 47.3 Å². The van der Waals surface area contributed by atoms with Crippen LogP contribution in [-0.2, 0) is 0 Å². The molecule has 2 aromatic rings. The fourth-order valence-corrected chi connectivity index (χ4v) is 1.58. The average Bonchev–Trinajstić information content (AvgIpc) is 2.20. The molecule has 0 bridgehead atoms. The maximum absolute atomic E-state index is 4.26. The fraction of sp³-hybridized carbons (Fsp3) is 0. The molecule has 2 heterocycles. The maximum atomic E-state index is 4.26. The SMILES string of the molecule is Brc1cccnc1-c1cccnc1. The molecule has 0 aromatic carbocycles. The normalized spacial score (nSPS) is 9.92. The summed E-state index contributed by atoms with van der Waals surface area (Å²) in [6.07, 6.45) is 5.32. The summed E-state index contributed by atoms with van der Waals surface area (Å²) in [5.74, 6) is 0. The van der Waals surface area contributed by atoms with Gasteiger partial charge < -0.3 is 0 Å². The van der Waals surface area contributed by atoms with Gasteiger partial charge in [0.05, 0.1) is 5.69 Å². The van der Waals surface area contributed by atoms with Crippen molar-refractivity contribution < 1.29 is 0 Å². The zero-order chi connectivity index (χ0) is 9.10. The van der Waals surface area contributed by atoms with Crippen LogP contribution in [0.25, 0.3) is 11.3 Å². The van der Waals surface area contributed by atoms with Crippen molar-refractivity contribution in [3.05, 3.63) is 47.3 Å². The van der Waals surface area contributed by atoms with E-state index in [-0.39, 0.29) is 0 Å². The minimum absolute atomic E-state index is 0.926. The lowest BCUT2D eigenvalue weighted by Crippen LogP contribution is -1.84. The second-order valence-electron chi connectivity index (χ2n) is 2.58. The molecule has 0 N–H and O–H groups in total. The largest absolute Gasteiger partial charge is 0.264 e. The van der Waals surface area contributed by atoms with Crippen LogP contribution >= 0.6 is 15.9 Å². The highest BCUT2D eigenvalue weighted by molar-refractivity contribution is 9.10. The predicted octanol–water partition coefficient (Wildman–Crippen LogP) is 2.91. The molecular formula is C10H7BrN2. The van der Waals surface area contributed by atoms with E-state index in [0.717, 1.165) is 15.7 Å². The third-order valence-corrected chi connectivity index (χ3v) is 2.33. The number of pyridine rings is 2. The van der Waals surface area contributed by atoms with E-state index in [2.05, 4.69) is 25.9 Å². The summed E-state index contributed by atoms with van der Waals surface area (Å²) in [5.41, 5.74) is 1.95. The summed E-state index contributed by atoms with van der Waals surface area (Å²) < 4.78 is 0.989. The Hall–Kier alpha value is -1.22. The predicted molar refractivity (Wildman–Crippen MR) is 55.2 cm³/mol. The van der Waals surface area contributed by atoms with Gasteiger partial charge in [-0.2, -0.15) is 0 Å². The molecule has 0 unspecified atom stereocenters. The van der Waals surface area contributed by atoms with Crippen molar-refractivity contribution >= 4 is 15.9 Å². The Labute approximate surface area is 84.8 Å². The van der Waals surface area contributed by atoms with E-state index < -0.39 is 0 Å². The molecular weight excluding hydrogens is 228 g/mol. The van der Waals surface area contributed by atoms with E-state index >= 15 is 0 Å². The number of aromatic nitrogens is 2. The summed E-state index contributed by atoms with van der Waals surface area (Å²) >= 11 is 3.44. The summed E-state index contributed by atoms with van der Waals surface area (Å²) in [4.78, 5) is 8.30. The molecule has 0 radical (unpaired) electrons. The van der Waals surface area contributed by atoms with Crippen molar-refractivity contribution in [1.82, 2.24) is 9.97 Å². The molecule has 0 fully saturated rings. The number of nitrogens with zero attached hydrogens (tertiary/aromatic N) is 2. The number of hydrogen-bond donors (Lipinski definition) is 0. The molecule has 2 rings (SSSR count). The van der Waals surface area contributed by atoms with Crippen LogP contribution in [0, 0.1) is 0 Å². The second-order valence-corrected chi connectivity index (χ2v) is 3.43. The van der Waals surface area contributed by atoms with Crippen molar-refractivity contribution in [2.75, 3.05) is 0 Å². The average molecular weight is 235 g/mol. The van der Waals surface area contributed by atoms with Gasteiger partial charge in [0, 0.05) is 28.6 Å². The Morgan fingerprint density at radius 3 is 2.62 bits per heavy atom. The van der Waals surface area contributed by atoms with Gasteiger partial charge in [-0.05, 0) is 40.2 Å². The van der Waals surface area contributed by atoms with Gasteiger partial charge in [0.1, 0.15) is 0 Å². The maximum Gasteiger partial charge on any atom is 0.0859 e. The second kappa shape index (κ2) is 3.66. The molecule has 64 valence electrons. The van der Waals surface area contributed by atoms with Crippen LogP contribution < -0.4 is 0 Å². The van der Waals surface area contributed by atoms with Crippen molar-refractivity contribution in [1.29, 1.82) is 0 Å². The topological polar surface area (TPSA) is 25.8 Å². The fourth-order valence-electron chi connectivity index (χ4n) is 1.10. The highest BCUT2D eigenvalue weighted by atomic mass is 79.9. The van der Waals surface area contributed by atoms with Crippen LogP contribution in [0.4, 0.5) is 0 Å². The Morgan fingerprint density at radius 2 is 1.92 bits per heavy atom. The first-order valence-electron chi connectivity index (χ1n) is 3.89. The van der Waals surface area contributed by atoms with Crippen molar-refractivity contribution in [2.24, 2.45) is 0 Å². The molecule has 0 aliphatic carbocycles. The molecule has 0 spiro atoms. The van der Waals surface area contributed by atoms with Crippen LogP contribution in [0.3, 0.4) is 0 Å².